The summed E-state index contributed by atoms with van der Waals surface area (Å²) in [6.07, 6.45) is -4.61. The van der Waals surface area contributed by atoms with Gasteiger partial charge in [-0.15, -0.1) is 13.2 Å². The van der Waals surface area contributed by atoms with Gasteiger partial charge in [0.05, 0.1) is 0 Å². The molecule has 0 aromatic heterocycles. The van der Waals surface area contributed by atoms with Crippen molar-refractivity contribution in [2.45, 2.75) is 13.3 Å². The minimum atomic E-state index is -4.61. The van der Waals surface area contributed by atoms with E-state index in [4.69, 9.17) is 0 Å². The van der Waals surface area contributed by atoms with Gasteiger partial charge in [-0.2, -0.15) is 0 Å². The zero-order valence-corrected chi connectivity index (χ0v) is 12.4. The normalized spacial score (nSPS) is 9.07. The summed E-state index contributed by atoms with van der Waals surface area (Å²) in [5, 5.41) is 0. The van der Waals surface area contributed by atoms with E-state index >= 15 is 0 Å². The molecule has 0 spiro atoms. The third kappa shape index (κ3) is 8.35. The molecule has 0 heterocycles. The molecule has 0 unspecified atom stereocenters. The van der Waals surface area contributed by atoms with Crippen molar-refractivity contribution in [1.29, 1.82) is 0 Å². The minimum absolute atomic E-state index is 0. The number of para-hydroxylation sites is 1. The topological polar surface area (TPSA) is 9.23 Å². The van der Waals surface area contributed by atoms with Crippen LogP contribution in [0.25, 0.3) is 0 Å². The quantitative estimate of drug-likeness (QED) is 0.473. The van der Waals surface area contributed by atoms with E-state index in [2.05, 4.69) is 4.74 Å². The average molecular weight is 360 g/mol. The zero-order chi connectivity index (χ0) is 9.19. The van der Waals surface area contributed by atoms with E-state index in [0.29, 0.717) is 5.56 Å². The Bertz CT molecular complexity index is 281. The van der Waals surface area contributed by atoms with Crippen LogP contribution < -0.4 is 38.7 Å². The van der Waals surface area contributed by atoms with E-state index in [1.807, 2.05) is 0 Å². The van der Waals surface area contributed by atoms with Crippen LogP contribution in [0.15, 0.2) is 24.3 Å². The molecule has 1 rings (SSSR count). The van der Waals surface area contributed by atoms with Gasteiger partial charge in [0.1, 0.15) is 5.75 Å². The van der Waals surface area contributed by atoms with Crippen LogP contribution >= 0.6 is 0 Å². The van der Waals surface area contributed by atoms with Crippen LogP contribution in [0.3, 0.4) is 0 Å². The Morgan fingerprint density at radius 2 is 1.53 bits per heavy atom. The van der Waals surface area contributed by atoms with Crippen molar-refractivity contribution < 1.29 is 51.9 Å². The van der Waals surface area contributed by atoms with Crippen LogP contribution in [-0.4, -0.2) is 29.4 Å². The minimum Gasteiger partial charge on any atom is -1.00 e. The maximum atomic E-state index is 11.7. The molecular weight excluding hydrogens is 353 g/mol. The van der Waals surface area contributed by atoms with Gasteiger partial charge in [0, 0.05) is 0 Å². The second-order valence-corrected chi connectivity index (χ2v) is 2.31. The van der Waals surface area contributed by atoms with Crippen molar-refractivity contribution in [3.8, 4) is 5.75 Å². The van der Waals surface area contributed by atoms with Crippen LogP contribution in [0.2, 0.25) is 0 Å². The zero-order valence-electron chi connectivity index (χ0n) is 7.81. The molecule has 0 bridgehead atoms. The number of halogens is 5. The largest absolute Gasteiger partial charge is 2.00 e. The fourth-order valence-electron chi connectivity index (χ4n) is 0.796. The van der Waals surface area contributed by atoms with Gasteiger partial charge in [-0.25, -0.2) is 0 Å². The third-order valence-corrected chi connectivity index (χ3v) is 1.32. The molecule has 0 N–H and O–H groups in total. The van der Waals surface area contributed by atoms with Crippen LogP contribution in [0.4, 0.5) is 13.2 Å². The summed E-state index contributed by atoms with van der Waals surface area (Å²) < 4.78 is 38.8. The van der Waals surface area contributed by atoms with E-state index in [0.717, 1.165) is 0 Å². The number of hydrogen-bond acceptors (Lipinski definition) is 1. The van der Waals surface area contributed by atoms with E-state index < -0.39 is 6.36 Å². The fraction of sp³-hybridized carbons (Fsp3) is 0.250. The summed E-state index contributed by atoms with van der Waals surface area (Å²) in [6, 6.07) is 5.98. The first-order chi connectivity index (χ1) is 5.49. The molecule has 82 valence electrons. The molecule has 0 saturated carbocycles. The maximum absolute atomic E-state index is 11.7. The standard InChI is InChI=1S/C8H7F3O.2BrH.Mg/c1-6-4-2-3-5-7(6)12-8(9,10)11;;;/h2-5H,1H3;2*1H;/q;;;+2/p-2. The van der Waals surface area contributed by atoms with Crippen LogP contribution in [0.5, 0.6) is 5.75 Å². The van der Waals surface area contributed by atoms with Crippen molar-refractivity contribution in [2.24, 2.45) is 0 Å². The average Bonchev–Trinajstić information content (AvgIpc) is 1.91. The van der Waals surface area contributed by atoms with Crippen molar-refractivity contribution in [3.05, 3.63) is 29.8 Å². The molecule has 0 saturated heterocycles. The Hall–Kier alpha value is 0.536. The van der Waals surface area contributed by atoms with E-state index in [1.54, 1.807) is 19.1 Å². The van der Waals surface area contributed by atoms with Gasteiger partial charge in [-0.1, -0.05) is 18.2 Å². The van der Waals surface area contributed by atoms with Gasteiger partial charge >= 0.3 is 29.4 Å². The maximum Gasteiger partial charge on any atom is 2.00 e. The van der Waals surface area contributed by atoms with E-state index in [1.165, 1.54) is 12.1 Å². The molecule has 7 heteroatoms. The molecule has 0 atom stereocenters. The van der Waals surface area contributed by atoms with Crippen LogP contribution in [0.1, 0.15) is 5.56 Å². The molecular formula is C8H7Br2F3MgO. The molecule has 1 nitrogen and oxygen atoms in total. The second-order valence-electron chi connectivity index (χ2n) is 2.31. The summed E-state index contributed by atoms with van der Waals surface area (Å²) in [4.78, 5) is 0. The predicted octanol–water partition coefficient (Wildman–Crippen LogP) is -3.48. The molecule has 15 heavy (non-hydrogen) atoms. The predicted molar refractivity (Wildman–Crippen MR) is 43.6 cm³/mol. The third-order valence-electron chi connectivity index (χ3n) is 1.32. The van der Waals surface area contributed by atoms with Crippen molar-refractivity contribution >= 4 is 23.1 Å². The Balaban J connectivity index is -0.000000480. The first-order valence-electron chi connectivity index (χ1n) is 3.30. The first-order valence-corrected chi connectivity index (χ1v) is 3.30. The van der Waals surface area contributed by atoms with Crippen molar-refractivity contribution in [2.75, 3.05) is 0 Å². The monoisotopic (exact) mass is 358 g/mol. The van der Waals surface area contributed by atoms with Crippen molar-refractivity contribution in [1.82, 2.24) is 0 Å². The molecule has 0 radical (unpaired) electrons. The first kappa shape index (κ1) is 20.9. The van der Waals surface area contributed by atoms with E-state index in [9.17, 15) is 13.2 Å². The fourth-order valence-corrected chi connectivity index (χ4v) is 0.796. The molecule has 1 aromatic rings. The van der Waals surface area contributed by atoms with E-state index in [-0.39, 0.29) is 62.8 Å². The van der Waals surface area contributed by atoms with Gasteiger partial charge in [0.15, 0.2) is 0 Å². The summed E-state index contributed by atoms with van der Waals surface area (Å²) in [7, 11) is 0. The van der Waals surface area contributed by atoms with Gasteiger partial charge < -0.3 is 38.7 Å². The molecule has 0 aliphatic rings. The molecule has 1 aromatic carbocycles. The van der Waals surface area contributed by atoms with Gasteiger partial charge in [0.25, 0.3) is 0 Å². The van der Waals surface area contributed by atoms with Gasteiger partial charge in [0.2, 0.25) is 0 Å². The van der Waals surface area contributed by atoms with Gasteiger partial charge in [-0.05, 0) is 18.6 Å². The summed E-state index contributed by atoms with van der Waals surface area (Å²) in [5.41, 5.74) is 0.467. The number of aryl methyl sites for hydroxylation is 1. The summed E-state index contributed by atoms with van der Waals surface area (Å²) in [6.45, 7) is 1.56. The number of benzene rings is 1. The van der Waals surface area contributed by atoms with Crippen LogP contribution in [0, 0.1) is 6.92 Å². The van der Waals surface area contributed by atoms with Crippen molar-refractivity contribution in [3.63, 3.8) is 0 Å². The smallest absolute Gasteiger partial charge is 1.00 e. The summed E-state index contributed by atoms with van der Waals surface area (Å²) >= 11 is 0. The molecule has 0 amide bonds. The SMILES string of the molecule is Cc1ccccc1OC(F)(F)F.[Br-].[Br-].[Mg+2]. The summed E-state index contributed by atoms with van der Waals surface area (Å²) in [5.74, 6) is -0.148. The Morgan fingerprint density at radius 3 is 1.93 bits per heavy atom. The molecule has 0 aliphatic heterocycles. The Morgan fingerprint density at radius 1 is 1.07 bits per heavy atom. The number of rotatable bonds is 1. The molecule has 0 aliphatic carbocycles. The number of ether oxygens (including phenoxy) is 1. The Labute approximate surface area is 123 Å². The number of hydrogen-bond donors (Lipinski definition) is 0. The number of alkyl halides is 3. The second kappa shape index (κ2) is 8.66. The van der Waals surface area contributed by atoms with Crippen LogP contribution in [-0.2, 0) is 0 Å². The Kier molecular flexibility index (Phi) is 12.1. The molecule has 0 fully saturated rings. The van der Waals surface area contributed by atoms with Gasteiger partial charge in [-0.3, -0.25) is 0 Å².